The average Bonchev–Trinajstić information content (AvgIpc) is 2.65. The molecule has 1 heterocycles. The number of nitrogens with zero attached hydrogens (tertiary/aromatic N) is 1. The van der Waals surface area contributed by atoms with Gasteiger partial charge in [-0.3, -0.25) is 4.79 Å². The lowest BCUT2D eigenvalue weighted by molar-refractivity contribution is 0.0730. The highest BCUT2D eigenvalue weighted by Gasteiger charge is 2.27. The van der Waals surface area contributed by atoms with E-state index in [9.17, 15) is 13.2 Å². The van der Waals surface area contributed by atoms with Crippen molar-refractivity contribution in [1.29, 1.82) is 0 Å². The maximum absolute atomic E-state index is 12.8. The fourth-order valence-corrected chi connectivity index (χ4v) is 4.92. The van der Waals surface area contributed by atoms with Crippen molar-refractivity contribution in [2.45, 2.75) is 11.8 Å². The second-order valence-electron chi connectivity index (χ2n) is 6.10. The van der Waals surface area contributed by atoms with Gasteiger partial charge in [0.25, 0.3) is 5.91 Å². The molecule has 2 aromatic carbocycles. The number of hydrogen-bond acceptors (Lipinski definition) is 4. The van der Waals surface area contributed by atoms with E-state index in [0.29, 0.717) is 18.9 Å². The number of carbonyl (C=O) groups is 1. The molecule has 1 aliphatic rings. The first-order valence-corrected chi connectivity index (χ1v) is 10.8. The Kier molecular flexibility index (Phi) is 6.22. The van der Waals surface area contributed by atoms with Gasteiger partial charge in [-0.1, -0.05) is 17.7 Å². The minimum atomic E-state index is -3.72. The number of sulfonamides is 1. The summed E-state index contributed by atoms with van der Waals surface area (Å²) in [6.07, 6.45) is 0. The molecule has 1 amide bonds. The number of rotatable bonds is 4. The number of amides is 1. The van der Waals surface area contributed by atoms with E-state index in [1.807, 2.05) is 19.1 Å². The molecule has 0 spiro atoms. The Morgan fingerprint density at radius 2 is 1.89 bits per heavy atom. The highest BCUT2D eigenvalue weighted by Crippen LogP contribution is 2.27. The Morgan fingerprint density at radius 3 is 2.56 bits per heavy atom. The second kappa shape index (κ2) is 8.28. The number of ether oxygens (including phenoxy) is 1. The van der Waals surface area contributed by atoms with E-state index in [2.05, 4.69) is 21.2 Å². The van der Waals surface area contributed by atoms with Crippen molar-refractivity contribution in [3.8, 4) is 0 Å². The van der Waals surface area contributed by atoms with Crippen molar-refractivity contribution in [2.75, 3.05) is 31.6 Å². The molecular weight excluding hydrogens is 456 g/mol. The smallest absolute Gasteiger partial charge is 0.257 e. The molecule has 1 saturated heterocycles. The zero-order valence-corrected chi connectivity index (χ0v) is 17.7. The normalized spacial score (nSPS) is 15.5. The van der Waals surface area contributed by atoms with Gasteiger partial charge in [0, 0.05) is 17.6 Å². The predicted octanol–water partition coefficient (Wildman–Crippen LogP) is 3.68. The van der Waals surface area contributed by atoms with Gasteiger partial charge < -0.3 is 10.1 Å². The fourth-order valence-electron chi connectivity index (χ4n) is 2.69. The predicted molar refractivity (Wildman–Crippen MR) is 108 cm³/mol. The summed E-state index contributed by atoms with van der Waals surface area (Å²) >= 11 is 9.56. The van der Waals surface area contributed by atoms with Crippen LogP contribution in [0.1, 0.15) is 15.9 Å². The molecule has 0 atom stereocenters. The van der Waals surface area contributed by atoms with Gasteiger partial charge >= 0.3 is 0 Å². The van der Waals surface area contributed by atoms with E-state index < -0.39 is 15.9 Å². The van der Waals surface area contributed by atoms with Crippen LogP contribution in [0.25, 0.3) is 0 Å². The number of anilines is 1. The van der Waals surface area contributed by atoms with Crippen LogP contribution in [-0.4, -0.2) is 44.9 Å². The number of benzene rings is 2. The molecule has 144 valence electrons. The SMILES string of the molecule is Cc1ccc(NC(=O)c2cc(S(=O)(=O)N3CCOCC3)ccc2Cl)c(Br)c1. The molecule has 6 nitrogen and oxygen atoms in total. The van der Waals surface area contributed by atoms with E-state index in [0.717, 1.165) is 10.0 Å². The Bertz CT molecular complexity index is 975. The van der Waals surface area contributed by atoms with E-state index in [-0.39, 0.29) is 28.6 Å². The van der Waals surface area contributed by atoms with Gasteiger partial charge in [0.05, 0.1) is 34.4 Å². The lowest BCUT2D eigenvalue weighted by atomic mass is 10.2. The summed E-state index contributed by atoms with van der Waals surface area (Å²) in [5.74, 6) is -0.483. The molecule has 1 aliphatic heterocycles. The third-order valence-corrected chi connectivity index (χ3v) is 7.04. The standard InChI is InChI=1S/C18H18BrClN2O4S/c1-12-2-5-17(15(19)10-12)21-18(23)14-11-13(3-4-16(14)20)27(24,25)22-6-8-26-9-7-22/h2-5,10-11H,6-9H2,1H3,(H,21,23). The molecule has 27 heavy (non-hydrogen) atoms. The molecular formula is C18H18BrClN2O4S. The van der Waals surface area contributed by atoms with E-state index in [1.165, 1.54) is 22.5 Å². The van der Waals surface area contributed by atoms with E-state index >= 15 is 0 Å². The summed E-state index contributed by atoms with van der Waals surface area (Å²) in [7, 11) is -3.72. The number of carbonyl (C=O) groups excluding carboxylic acids is 1. The van der Waals surface area contributed by atoms with E-state index in [4.69, 9.17) is 16.3 Å². The first-order valence-electron chi connectivity index (χ1n) is 8.24. The van der Waals surface area contributed by atoms with Crippen molar-refractivity contribution < 1.29 is 17.9 Å². The minimum absolute atomic E-state index is 0.0296. The molecule has 2 aromatic rings. The van der Waals surface area contributed by atoms with Gasteiger partial charge in [-0.2, -0.15) is 4.31 Å². The molecule has 9 heteroatoms. The molecule has 0 aliphatic carbocycles. The number of morpholine rings is 1. The Morgan fingerprint density at radius 1 is 1.19 bits per heavy atom. The largest absolute Gasteiger partial charge is 0.379 e. The molecule has 1 fully saturated rings. The van der Waals surface area contributed by atoms with Crippen molar-refractivity contribution in [3.63, 3.8) is 0 Å². The molecule has 0 bridgehead atoms. The second-order valence-corrected chi connectivity index (χ2v) is 9.30. The average molecular weight is 474 g/mol. The third-order valence-electron chi connectivity index (χ3n) is 4.16. The quantitative estimate of drug-likeness (QED) is 0.735. The first kappa shape index (κ1) is 20.3. The highest BCUT2D eigenvalue weighted by atomic mass is 79.9. The summed E-state index contributed by atoms with van der Waals surface area (Å²) in [6, 6.07) is 9.64. The van der Waals surface area contributed by atoms with Gasteiger partial charge in [0.1, 0.15) is 0 Å². The minimum Gasteiger partial charge on any atom is -0.379 e. The van der Waals surface area contributed by atoms with E-state index in [1.54, 1.807) is 6.07 Å². The molecule has 0 radical (unpaired) electrons. The Hall–Kier alpha value is -1.45. The highest BCUT2D eigenvalue weighted by molar-refractivity contribution is 9.10. The first-order chi connectivity index (χ1) is 12.8. The number of hydrogen-bond donors (Lipinski definition) is 1. The van der Waals surface area contributed by atoms with Gasteiger partial charge in [0.15, 0.2) is 0 Å². The third kappa shape index (κ3) is 4.52. The monoisotopic (exact) mass is 472 g/mol. The van der Waals surface area contributed by atoms with Crippen LogP contribution in [0.5, 0.6) is 0 Å². The van der Waals surface area contributed by atoms with Crippen molar-refractivity contribution in [2.24, 2.45) is 0 Å². The van der Waals surface area contributed by atoms with Crippen LogP contribution in [0.4, 0.5) is 5.69 Å². The zero-order chi connectivity index (χ0) is 19.6. The Balaban J connectivity index is 1.89. The van der Waals surface area contributed by atoms with Crippen LogP contribution < -0.4 is 5.32 Å². The van der Waals surface area contributed by atoms with Crippen molar-refractivity contribution in [3.05, 3.63) is 57.0 Å². The Labute approximate surface area is 171 Å². The lowest BCUT2D eigenvalue weighted by Gasteiger charge is -2.26. The van der Waals surface area contributed by atoms with Gasteiger partial charge in [-0.05, 0) is 58.7 Å². The molecule has 3 rings (SSSR count). The fraction of sp³-hybridized carbons (Fsp3) is 0.278. The number of halogens is 2. The number of aryl methyl sites for hydroxylation is 1. The molecule has 1 N–H and O–H groups in total. The van der Waals surface area contributed by atoms with Gasteiger partial charge in [-0.15, -0.1) is 0 Å². The number of nitrogens with one attached hydrogen (secondary N) is 1. The lowest BCUT2D eigenvalue weighted by Crippen LogP contribution is -2.40. The van der Waals surface area contributed by atoms with Crippen LogP contribution in [0.15, 0.2) is 45.8 Å². The van der Waals surface area contributed by atoms with Crippen LogP contribution in [-0.2, 0) is 14.8 Å². The van der Waals surface area contributed by atoms with Crippen molar-refractivity contribution >= 4 is 49.1 Å². The summed E-state index contributed by atoms with van der Waals surface area (Å²) in [6.45, 7) is 3.20. The molecule has 0 unspecified atom stereocenters. The summed E-state index contributed by atoms with van der Waals surface area (Å²) in [5, 5.41) is 2.93. The van der Waals surface area contributed by atoms with Crippen molar-refractivity contribution in [1.82, 2.24) is 4.31 Å². The zero-order valence-electron chi connectivity index (χ0n) is 14.5. The topological polar surface area (TPSA) is 75.7 Å². The summed E-state index contributed by atoms with van der Waals surface area (Å²) in [5.41, 5.74) is 1.71. The van der Waals surface area contributed by atoms with Crippen LogP contribution in [0.2, 0.25) is 5.02 Å². The van der Waals surface area contributed by atoms with Crippen LogP contribution >= 0.6 is 27.5 Å². The van der Waals surface area contributed by atoms with Gasteiger partial charge in [0.2, 0.25) is 10.0 Å². The maximum Gasteiger partial charge on any atom is 0.257 e. The van der Waals surface area contributed by atoms with Crippen LogP contribution in [0, 0.1) is 6.92 Å². The maximum atomic E-state index is 12.8. The molecule has 0 saturated carbocycles. The summed E-state index contributed by atoms with van der Waals surface area (Å²) < 4.78 is 32.9. The molecule has 0 aromatic heterocycles. The van der Waals surface area contributed by atoms with Crippen LogP contribution in [0.3, 0.4) is 0 Å². The van der Waals surface area contributed by atoms with Gasteiger partial charge in [-0.25, -0.2) is 8.42 Å². The summed E-state index contributed by atoms with van der Waals surface area (Å²) in [4.78, 5) is 12.7.